The number of nitrogens with one attached hydrogen (secondary N) is 1. The van der Waals surface area contributed by atoms with Crippen LogP contribution in [0, 0.1) is 0 Å². The molecule has 0 radical (unpaired) electrons. The first-order valence-electron chi connectivity index (χ1n) is 10.3. The van der Waals surface area contributed by atoms with E-state index in [1.54, 1.807) is 18.4 Å². The van der Waals surface area contributed by atoms with Gasteiger partial charge in [0.25, 0.3) is 0 Å². The molecule has 1 saturated heterocycles. The molecule has 3 aromatic rings. The first kappa shape index (κ1) is 20.6. The van der Waals surface area contributed by atoms with Gasteiger partial charge < -0.3 is 14.8 Å². The number of ether oxygens (including phenoxy) is 2. The molecule has 1 aliphatic rings. The minimum atomic E-state index is 0.0389. The molecular formula is C23H27N3O3S. The lowest BCUT2D eigenvalue weighted by Gasteiger charge is -2.30. The number of thiazole rings is 1. The van der Waals surface area contributed by atoms with Crippen LogP contribution in [0.4, 0.5) is 0 Å². The monoisotopic (exact) mass is 425 g/mol. The molecule has 4 rings (SSSR count). The van der Waals surface area contributed by atoms with E-state index in [0.29, 0.717) is 37.1 Å². The van der Waals surface area contributed by atoms with Gasteiger partial charge in [-0.2, -0.15) is 0 Å². The number of nitrogens with zero attached hydrogens (tertiary/aromatic N) is 2. The number of benzene rings is 2. The fourth-order valence-corrected chi connectivity index (χ4v) is 4.89. The van der Waals surface area contributed by atoms with Gasteiger partial charge in [-0.3, -0.25) is 9.69 Å². The van der Waals surface area contributed by atoms with Crippen LogP contribution < -0.4 is 14.8 Å². The number of piperidine rings is 1. The molecule has 158 valence electrons. The van der Waals surface area contributed by atoms with Crippen molar-refractivity contribution in [1.29, 1.82) is 0 Å². The van der Waals surface area contributed by atoms with Gasteiger partial charge in [0.1, 0.15) is 6.61 Å². The number of hydrogen-bond donors (Lipinski definition) is 1. The highest BCUT2D eigenvalue weighted by Crippen LogP contribution is 2.33. The Bertz CT molecular complexity index is 949. The van der Waals surface area contributed by atoms with Crippen molar-refractivity contribution in [2.45, 2.75) is 18.8 Å². The van der Waals surface area contributed by atoms with Crippen molar-refractivity contribution < 1.29 is 14.3 Å². The number of fused-ring (bicyclic) bond motifs is 1. The van der Waals surface area contributed by atoms with Gasteiger partial charge in [0, 0.05) is 5.92 Å². The second kappa shape index (κ2) is 9.91. The Labute approximate surface area is 180 Å². The van der Waals surface area contributed by atoms with Crippen LogP contribution >= 0.6 is 11.3 Å². The van der Waals surface area contributed by atoms with Crippen molar-refractivity contribution in [1.82, 2.24) is 15.2 Å². The summed E-state index contributed by atoms with van der Waals surface area (Å²) in [5, 5.41) is 4.17. The number of para-hydroxylation sites is 3. The van der Waals surface area contributed by atoms with Crippen molar-refractivity contribution in [3.8, 4) is 11.5 Å². The zero-order valence-electron chi connectivity index (χ0n) is 17.2. The molecule has 0 spiro atoms. The predicted molar refractivity (Wildman–Crippen MR) is 120 cm³/mol. The Kier molecular flexibility index (Phi) is 6.81. The predicted octanol–water partition coefficient (Wildman–Crippen LogP) is 3.68. The van der Waals surface area contributed by atoms with E-state index < -0.39 is 0 Å². The third kappa shape index (κ3) is 5.09. The van der Waals surface area contributed by atoms with Crippen LogP contribution in [0.1, 0.15) is 23.8 Å². The maximum Gasteiger partial charge on any atom is 0.234 e. The van der Waals surface area contributed by atoms with Crippen LogP contribution in [-0.4, -0.2) is 55.7 Å². The van der Waals surface area contributed by atoms with Gasteiger partial charge in [-0.25, -0.2) is 4.98 Å². The molecule has 7 heteroatoms. The van der Waals surface area contributed by atoms with Gasteiger partial charge in [0.15, 0.2) is 11.5 Å². The summed E-state index contributed by atoms with van der Waals surface area (Å²) in [6.07, 6.45) is 2.09. The standard InChI is InChI=1S/C23H27N3O3S/c1-28-19-7-3-4-8-20(19)29-15-12-24-22(27)16-26-13-10-17(11-14-26)23-25-18-6-2-5-9-21(18)30-23/h2-9,17H,10-16H2,1H3,(H,24,27). The van der Waals surface area contributed by atoms with Gasteiger partial charge >= 0.3 is 0 Å². The highest BCUT2D eigenvalue weighted by molar-refractivity contribution is 7.18. The Morgan fingerprint density at radius 1 is 1.13 bits per heavy atom. The molecule has 1 aromatic heterocycles. The fourth-order valence-electron chi connectivity index (χ4n) is 3.75. The highest BCUT2D eigenvalue weighted by atomic mass is 32.1. The van der Waals surface area contributed by atoms with Crippen molar-refractivity contribution in [3.05, 3.63) is 53.5 Å². The minimum absolute atomic E-state index is 0.0389. The first-order valence-corrected chi connectivity index (χ1v) is 11.1. The van der Waals surface area contributed by atoms with E-state index in [0.717, 1.165) is 31.4 Å². The second-order valence-corrected chi connectivity index (χ2v) is 8.48. The van der Waals surface area contributed by atoms with Crippen LogP contribution in [0.3, 0.4) is 0 Å². The van der Waals surface area contributed by atoms with Gasteiger partial charge in [-0.15, -0.1) is 11.3 Å². The Hall–Kier alpha value is -2.64. The molecule has 0 aliphatic carbocycles. The average Bonchev–Trinajstić information content (AvgIpc) is 3.22. The summed E-state index contributed by atoms with van der Waals surface area (Å²) < 4.78 is 12.2. The van der Waals surface area contributed by atoms with Crippen molar-refractivity contribution >= 4 is 27.5 Å². The van der Waals surface area contributed by atoms with E-state index in [-0.39, 0.29) is 5.91 Å². The van der Waals surface area contributed by atoms with Gasteiger partial charge in [-0.1, -0.05) is 24.3 Å². The number of hydrogen-bond acceptors (Lipinski definition) is 6. The summed E-state index contributed by atoms with van der Waals surface area (Å²) in [4.78, 5) is 19.3. The number of carbonyl (C=O) groups is 1. The number of aromatic nitrogens is 1. The Morgan fingerprint density at radius 3 is 2.63 bits per heavy atom. The van der Waals surface area contributed by atoms with E-state index in [9.17, 15) is 4.79 Å². The summed E-state index contributed by atoms with van der Waals surface area (Å²) in [5.74, 6) is 1.92. The van der Waals surface area contributed by atoms with E-state index in [1.165, 1.54) is 9.71 Å². The maximum atomic E-state index is 12.3. The summed E-state index contributed by atoms with van der Waals surface area (Å²) in [6, 6.07) is 15.8. The number of likely N-dealkylation sites (tertiary alicyclic amines) is 1. The molecule has 0 atom stereocenters. The molecule has 0 bridgehead atoms. The molecule has 6 nitrogen and oxygen atoms in total. The third-order valence-corrected chi connectivity index (χ3v) is 6.56. The summed E-state index contributed by atoms with van der Waals surface area (Å²) >= 11 is 1.80. The largest absolute Gasteiger partial charge is 0.493 e. The van der Waals surface area contributed by atoms with Crippen LogP contribution in [0.5, 0.6) is 11.5 Å². The average molecular weight is 426 g/mol. The second-order valence-electron chi connectivity index (χ2n) is 7.42. The van der Waals surface area contributed by atoms with Crippen molar-refractivity contribution in [2.24, 2.45) is 0 Å². The van der Waals surface area contributed by atoms with Crippen LogP contribution in [0.25, 0.3) is 10.2 Å². The molecule has 1 aliphatic heterocycles. The van der Waals surface area contributed by atoms with E-state index in [1.807, 2.05) is 30.3 Å². The zero-order valence-corrected chi connectivity index (χ0v) is 18.0. The van der Waals surface area contributed by atoms with Crippen molar-refractivity contribution in [2.75, 3.05) is 39.9 Å². The minimum Gasteiger partial charge on any atom is -0.493 e. The number of methoxy groups -OCH3 is 1. The summed E-state index contributed by atoms with van der Waals surface area (Å²) in [7, 11) is 1.62. The third-order valence-electron chi connectivity index (χ3n) is 5.37. The van der Waals surface area contributed by atoms with E-state index in [2.05, 4.69) is 28.4 Å². The highest BCUT2D eigenvalue weighted by Gasteiger charge is 2.24. The number of carbonyl (C=O) groups excluding carboxylic acids is 1. The van der Waals surface area contributed by atoms with Crippen LogP contribution in [-0.2, 0) is 4.79 Å². The first-order chi connectivity index (χ1) is 14.7. The summed E-state index contributed by atoms with van der Waals surface area (Å²) in [6.45, 7) is 3.16. The Morgan fingerprint density at radius 2 is 1.87 bits per heavy atom. The maximum absolute atomic E-state index is 12.3. The normalized spacial score (nSPS) is 15.2. The van der Waals surface area contributed by atoms with Gasteiger partial charge in [0.05, 0.1) is 35.4 Å². The lowest BCUT2D eigenvalue weighted by atomic mass is 9.97. The Balaban J connectivity index is 1.17. The molecule has 2 aromatic carbocycles. The zero-order chi connectivity index (χ0) is 20.8. The smallest absolute Gasteiger partial charge is 0.234 e. The van der Waals surface area contributed by atoms with E-state index >= 15 is 0 Å². The lowest BCUT2D eigenvalue weighted by Crippen LogP contribution is -2.42. The van der Waals surface area contributed by atoms with Crippen molar-refractivity contribution in [3.63, 3.8) is 0 Å². The molecule has 0 saturated carbocycles. The molecule has 0 unspecified atom stereocenters. The van der Waals surface area contributed by atoms with Gasteiger partial charge in [-0.05, 0) is 50.2 Å². The fraction of sp³-hybridized carbons (Fsp3) is 0.391. The molecule has 1 amide bonds. The SMILES string of the molecule is COc1ccccc1OCCNC(=O)CN1CCC(c2nc3ccccc3s2)CC1. The summed E-state index contributed by atoms with van der Waals surface area (Å²) in [5.41, 5.74) is 1.09. The quantitative estimate of drug-likeness (QED) is 0.558. The molecule has 2 heterocycles. The van der Waals surface area contributed by atoms with E-state index in [4.69, 9.17) is 14.5 Å². The molecule has 1 N–H and O–H groups in total. The molecular weight excluding hydrogens is 398 g/mol. The van der Waals surface area contributed by atoms with Gasteiger partial charge in [0.2, 0.25) is 5.91 Å². The topological polar surface area (TPSA) is 63.7 Å². The molecule has 30 heavy (non-hydrogen) atoms. The number of rotatable bonds is 8. The lowest BCUT2D eigenvalue weighted by molar-refractivity contribution is -0.122. The number of amides is 1. The van der Waals surface area contributed by atoms with Crippen LogP contribution in [0.2, 0.25) is 0 Å². The molecule has 1 fully saturated rings. The van der Waals surface area contributed by atoms with Crippen LogP contribution in [0.15, 0.2) is 48.5 Å².